The highest BCUT2D eigenvalue weighted by atomic mass is 79.9. The number of carbonyl (C=O) groups is 2. The van der Waals surface area contributed by atoms with E-state index in [1.54, 1.807) is 0 Å². The zero-order valence-corrected chi connectivity index (χ0v) is 8.25. The molecule has 0 unspecified atom stereocenters. The predicted molar refractivity (Wildman–Crippen MR) is 45.3 cm³/mol. The van der Waals surface area contributed by atoms with E-state index in [1.165, 1.54) is 7.11 Å². The van der Waals surface area contributed by atoms with E-state index in [-0.39, 0.29) is 11.0 Å². The summed E-state index contributed by atoms with van der Waals surface area (Å²) in [5.41, 5.74) is -0.350. The molecule has 0 bridgehead atoms. The number of esters is 1. The molecule has 0 atom stereocenters. The Morgan fingerprint density at radius 2 is 2.00 bits per heavy atom. The third-order valence-corrected chi connectivity index (χ3v) is 1.46. The normalized spacial score (nSPS) is 10.8. The Labute approximate surface area is 77.8 Å². The van der Waals surface area contributed by atoms with Gasteiger partial charge >= 0.3 is 5.97 Å². The number of ketones is 1. The first-order valence-electron chi connectivity index (χ1n) is 2.96. The first-order valence-corrected chi connectivity index (χ1v) is 4.08. The molecule has 0 aromatic rings. The van der Waals surface area contributed by atoms with Gasteiger partial charge in [0, 0.05) is 0 Å². The van der Waals surface area contributed by atoms with Crippen LogP contribution in [-0.2, 0) is 19.2 Å². The molecule has 6 heteroatoms. The molecule has 0 heterocycles. The molecular weight excluding hydrogens is 230 g/mol. The lowest BCUT2D eigenvalue weighted by Gasteiger charge is -1.98. The zero-order chi connectivity index (χ0) is 9.56. The summed E-state index contributed by atoms with van der Waals surface area (Å²) in [4.78, 5) is 26.1. The van der Waals surface area contributed by atoms with Crippen molar-refractivity contribution in [3.63, 3.8) is 0 Å². The third kappa shape index (κ3) is 3.00. The van der Waals surface area contributed by atoms with Crippen LogP contribution in [0, 0.1) is 0 Å². The average Bonchev–Trinajstić information content (AvgIpc) is 2.11. The number of rotatable bonds is 4. The maximum absolute atomic E-state index is 10.9. The van der Waals surface area contributed by atoms with E-state index >= 15 is 0 Å². The van der Waals surface area contributed by atoms with Gasteiger partial charge in [-0.1, -0.05) is 21.1 Å². The molecule has 0 fully saturated rings. The lowest BCUT2D eigenvalue weighted by molar-refractivity contribution is -0.133. The predicted octanol–water partition coefficient (Wildman–Crippen LogP) is 0.126. The van der Waals surface area contributed by atoms with Gasteiger partial charge in [-0.25, -0.2) is 4.79 Å². The van der Waals surface area contributed by atoms with Gasteiger partial charge in [0.05, 0.1) is 12.4 Å². The number of methoxy groups -OCH3 is 1. The molecule has 0 saturated carbocycles. The Bertz CT molecular complexity index is 196. The highest BCUT2D eigenvalue weighted by Crippen LogP contribution is 1.91. The Morgan fingerprint density at radius 1 is 1.42 bits per heavy atom. The minimum atomic E-state index is -0.804. The van der Waals surface area contributed by atoms with Crippen molar-refractivity contribution in [2.45, 2.75) is 0 Å². The van der Waals surface area contributed by atoms with Crippen molar-refractivity contribution in [3.8, 4) is 0 Å². The SMILES string of the molecule is CO/N=C(/C(=O)CBr)C(=O)OC. The number of carbonyl (C=O) groups excluding carboxylic acids is 2. The van der Waals surface area contributed by atoms with Crippen molar-refractivity contribution in [3.05, 3.63) is 0 Å². The van der Waals surface area contributed by atoms with Gasteiger partial charge in [-0.2, -0.15) is 0 Å². The number of hydrogen-bond acceptors (Lipinski definition) is 5. The Morgan fingerprint density at radius 3 is 2.33 bits per heavy atom. The van der Waals surface area contributed by atoms with Crippen molar-refractivity contribution in [1.29, 1.82) is 0 Å². The van der Waals surface area contributed by atoms with Gasteiger partial charge in [-0.3, -0.25) is 4.79 Å². The third-order valence-electron chi connectivity index (χ3n) is 0.947. The lowest BCUT2D eigenvalue weighted by atomic mass is 10.3. The molecule has 0 aromatic heterocycles. The van der Waals surface area contributed by atoms with Gasteiger partial charge in [0.15, 0.2) is 0 Å². The van der Waals surface area contributed by atoms with Gasteiger partial charge in [0.1, 0.15) is 7.11 Å². The average molecular weight is 238 g/mol. The highest BCUT2D eigenvalue weighted by Gasteiger charge is 2.20. The van der Waals surface area contributed by atoms with Crippen molar-refractivity contribution in [1.82, 2.24) is 0 Å². The highest BCUT2D eigenvalue weighted by molar-refractivity contribution is 9.09. The molecule has 0 aromatic carbocycles. The van der Waals surface area contributed by atoms with Gasteiger partial charge in [0.25, 0.3) is 0 Å². The Hall–Kier alpha value is -0.910. The van der Waals surface area contributed by atoms with Crippen LogP contribution >= 0.6 is 15.9 Å². The van der Waals surface area contributed by atoms with E-state index in [2.05, 4.69) is 30.7 Å². The van der Waals surface area contributed by atoms with Gasteiger partial charge in [-0.15, -0.1) is 0 Å². The van der Waals surface area contributed by atoms with Crippen LogP contribution in [0.3, 0.4) is 0 Å². The minimum Gasteiger partial charge on any atom is -0.464 e. The monoisotopic (exact) mass is 237 g/mol. The number of Topliss-reactive ketones (excluding diaryl/α,β-unsaturated/α-hetero) is 1. The van der Waals surface area contributed by atoms with Crippen LogP contribution in [0.15, 0.2) is 5.16 Å². The summed E-state index contributed by atoms with van der Waals surface area (Å²) < 4.78 is 4.30. The maximum atomic E-state index is 10.9. The quantitative estimate of drug-likeness (QED) is 0.229. The second kappa shape index (κ2) is 5.70. The van der Waals surface area contributed by atoms with E-state index in [0.29, 0.717) is 0 Å². The molecule has 0 aliphatic carbocycles. The molecule has 0 spiro atoms. The van der Waals surface area contributed by atoms with E-state index in [1.807, 2.05) is 0 Å². The largest absolute Gasteiger partial charge is 0.464 e. The fourth-order valence-corrected chi connectivity index (χ4v) is 0.719. The summed E-state index contributed by atoms with van der Waals surface area (Å²) in [6.07, 6.45) is 0. The fraction of sp³-hybridized carbons (Fsp3) is 0.500. The van der Waals surface area contributed by atoms with Crippen molar-refractivity contribution < 1.29 is 19.2 Å². The van der Waals surface area contributed by atoms with E-state index in [9.17, 15) is 9.59 Å². The van der Waals surface area contributed by atoms with E-state index in [4.69, 9.17) is 0 Å². The molecule has 0 rings (SSSR count). The Balaban J connectivity index is 4.55. The number of ether oxygens (including phenoxy) is 1. The van der Waals surface area contributed by atoms with Crippen LogP contribution in [0.1, 0.15) is 0 Å². The van der Waals surface area contributed by atoms with Gasteiger partial charge < -0.3 is 9.57 Å². The van der Waals surface area contributed by atoms with Crippen LogP contribution in [0.4, 0.5) is 0 Å². The van der Waals surface area contributed by atoms with Crippen LogP contribution in [0.2, 0.25) is 0 Å². The van der Waals surface area contributed by atoms with Crippen LogP contribution in [0.5, 0.6) is 0 Å². The molecule has 0 radical (unpaired) electrons. The fourth-order valence-electron chi connectivity index (χ4n) is 0.453. The summed E-state index contributed by atoms with van der Waals surface area (Å²) in [7, 11) is 2.40. The van der Waals surface area contributed by atoms with Crippen molar-refractivity contribution in [2.75, 3.05) is 19.5 Å². The number of alkyl halides is 1. The summed E-state index contributed by atoms with van der Waals surface area (Å²) in [6, 6.07) is 0. The topological polar surface area (TPSA) is 65.0 Å². The molecule has 0 N–H and O–H groups in total. The molecule has 12 heavy (non-hydrogen) atoms. The number of nitrogens with zero attached hydrogens (tertiary/aromatic N) is 1. The van der Waals surface area contributed by atoms with Crippen molar-refractivity contribution >= 4 is 33.4 Å². The summed E-state index contributed by atoms with van der Waals surface area (Å²) in [6.45, 7) is 0. The number of hydrogen-bond donors (Lipinski definition) is 0. The lowest BCUT2D eigenvalue weighted by Crippen LogP contribution is -2.26. The van der Waals surface area contributed by atoms with Crippen LogP contribution in [0.25, 0.3) is 0 Å². The summed E-state index contributed by atoms with van der Waals surface area (Å²) in [5.74, 6) is -1.29. The van der Waals surface area contributed by atoms with Crippen molar-refractivity contribution in [2.24, 2.45) is 5.16 Å². The summed E-state index contributed by atoms with van der Waals surface area (Å²) in [5, 5.41) is 3.23. The molecule has 0 saturated heterocycles. The molecule has 0 aliphatic rings. The second-order valence-corrected chi connectivity index (χ2v) is 2.23. The molecular formula is C6H8BrNO4. The number of halogens is 1. The smallest absolute Gasteiger partial charge is 0.363 e. The molecule has 0 amide bonds. The molecule has 0 aliphatic heterocycles. The Kier molecular flexibility index (Phi) is 5.27. The zero-order valence-electron chi connectivity index (χ0n) is 6.67. The van der Waals surface area contributed by atoms with Crippen LogP contribution < -0.4 is 0 Å². The van der Waals surface area contributed by atoms with Crippen LogP contribution in [-0.4, -0.2) is 37.0 Å². The van der Waals surface area contributed by atoms with E-state index < -0.39 is 11.8 Å². The number of oxime groups is 1. The maximum Gasteiger partial charge on any atom is 0.363 e. The molecule has 68 valence electrons. The molecule has 5 nitrogen and oxygen atoms in total. The van der Waals surface area contributed by atoms with E-state index in [0.717, 1.165) is 7.11 Å². The standard InChI is InChI=1S/C6H8BrNO4/c1-11-6(10)5(8-12-2)4(9)3-7/h3H2,1-2H3/b8-5-. The summed E-state index contributed by atoms with van der Waals surface area (Å²) >= 11 is 2.89. The first-order chi connectivity index (χ1) is 5.67. The second-order valence-electron chi connectivity index (χ2n) is 1.67. The van der Waals surface area contributed by atoms with Gasteiger partial charge in [-0.05, 0) is 0 Å². The first kappa shape index (κ1) is 11.1. The van der Waals surface area contributed by atoms with Gasteiger partial charge in [0.2, 0.25) is 11.5 Å². The minimum absolute atomic E-state index is 0.00426.